The van der Waals surface area contributed by atoms with E-state index in [1.165, 1.54) is 0 Å². The van der Waals surface area contributed by atoms with Gasteiger partial charge in [0, 0.05) is 22.0 Å². The molecule has 1 aliphatic rings. The minimum atomic E-state index is -1.14. The first-order valence-corrected chi connectivity index (χ1v) is 13.0. The summed E-state index contributed by atoms with van der Waals surface area (Å²) in [6.07, 6.45) is 3.32. The number of para-hydroxylation sites is 1. The number of nitrogens with zero attached hydrogens (tertiary/aromatic N) is 4. The van der Waals surface area contributed by atoms with Crippen LogP contribution in [0.2, 0.25) is 0 Å². The van der Waals surface area contributed by atoms with E-state index in [0.717, 1.165) is 25.4 Å². The molecule has 0 aliphatic carbocycles. The summed E-state index contributed by atoms with van der Waals surface area (Å²) in [7, 11) is 0. The zero-order valence-electron chi connectivity index (χ0n) is 18.9. The van der Waals surface area contributed by atoms with Crippen LogP contribution in [0.5, 0.6) is 5.75 Å². The van der Waals surface area contributed by atoms with Gasteiger partial charge in [-0.2, -0.15) is 0 Å². The van der Waals surface area contributed by atoms with Crippen molar-refractivity contribution in [1.29, 1.82) is 0 Å². The first-order chi connectivity index (χ1) is 16.9. The fraction of sp³-hybridized carbons (Fsp3) is 0.269. The summed E-state index contributed by atoms with van der Waals surface area (Å²) in [6, 6.07) is 19.5. The molecule has 0 saturated carbocycles. The molecule has 3 aromatic carbocycles. The topological polar surface area (TPSA) is 80.5 Å². The molecular formula is C26H24Br2N4O3. The lowest BCUT2D eigenvalue weighted by Gasteiger charge is -2.24. The monoisotopic (exact) mass is 598 g/mol. The highest BCUT2D eigenvalue weighted by Gasteiger charge is 2.36. The highest BCUT2D eigenvalue weighted by atomic mass is 79.9. The summed E-state index contributed by atoms with van der Waals surface area (Å²) in [5, 5.41) is 22.0. The molecule has 1 aromatic heterocycles. The quantitative estimate of drug-likeness (QED) is 0.340. The third-order valence-corrected chi connectivity index (χ3v) is 7.54. The summed E-state index contributed by atoms with van der Waals surface area (Å²) < 4.78 is 9.37. The molecule has 1 unspecified atom stereocenters. The molecule has 1 atom stereocenters. The highest BCUT2D eigenvalue weighted by Crippen LogP contribution is 2.32. The van der Waals surface area contributed by atoms with E-state index in [4.69, 9.17) is 4.74 Å². The van der Waals surface area contributed by atoms with Crippen molar-refractivity contribution in [3.8, 4) is 11.4 Å². The van der Waals surface area contributed by atoms with Gasteiger partial charge in [0.2, 0.25) is 0 Å². The number of aromatic nitrogens is 3. The van der Waals surface area contributed by atoms with Crippen LogP contribution in [0.3, 0.4) is 0 Å². The Bertz CT molecular complexity index is 1380. The largest absolute Gasteiger partial charge is 0.484 e. The van der Waals surface area contributed by atoms with Crippen molar-refractivity contribution in [2.24, 2.45) is 0 Å². The maximum atomic E-state index is 12.9. The fourth-order valence-electron chi connectivity index (χ4n) is 4.38. The number of amides is 1. The van der Waals surface area contributed by atoms with Crippen LogP contribution in [0.4, 0.5) is 0 Å². The lowest BCUT2D eigenvalue weighted by molar-refractivity contribution is -0.133. The summed E-state index contributed by atoms with van der Waals surface area (Å²) in [4.78, 5) is 14.6. The van der Waals surface area contributed by atoms with Gasteiger partial charge < -0.3 is 14.7 Å². The SMILES string of the molecule is O=C(COc1ccc2cc(Br)ccc2c1)N1CCCC(O)(c2cn(-c3ccccc3Br)nn2)CC1. The molecule has 5 rings (SSSR count). The number of carbonyl (C=O) groups is 1. The summed E-state index contributed by atoms with van der Waals surface area (Å²) in [6.45, 7) is 0.944. The number of aliphatic hydroxyl groups is 1. The molecule has 35 heavy (non-hydrogen) atoms. The van der Waals surface area contributed by atoms with Gasteiger partial charge in [-0.3, -0.25) is 4.79 Å². The van der Waals surface area contributed by atoms with Crippen LogP contribution in [0, 0.1) is 0 Å². The number of hydrogen-bond acceptors (Lipinski definition) is 5. The molecule has 1 amide bonds. The van der Waals surface area contributed by atoms with Gasteiger partial charge in [-0.1, -0.05) is 45.4 Å². The maximum absolute atomic E-state index is 12.9. The minimum Gasteiger partial charge on any atom is -0.484 e. The van der Waals surface area contributed by atoms with Gasteiger partial charge in [0.25, 0.3) is 5.91 Å². The van der Waals surface area contributed by atoms with Crippen LogP contribution < -0.4 is 4.74 Å². The Morgan fingerprint density at radius 2 is 1.83 bits per heavy atom. The number of ether oxygens (including phenoxy) is 1. The number of fused-ring (bicyclic) bond motifs is 1. The summed E-state index contributed by atoms with van der Waals surface area (Å²) >= 11 is 7.00. The molecule has 4 aromatic rings. The van der Waals surface area contributed by atoms with Crippen molar-refractivity contribution in [2.75, 3.05) is 19.7 Å². The zero-order chi connectivity index (χ0) is 24.4. The predicted molar refractivity (Wildman–Crippen MR) is 141 cm³/mol. The lowest BCUT2D eigenvalue weighted by atomic mass is 9.92. The first kappa shape index (κ1) is 24.0. The number of rotatable bonds is 5. The van der Waals surface area contributed by atoms with Crippen molar-refractivity contribution >= 4 is 48.5 Å². The number of likely N-dealkylation sites (tertiary alicyclic amines) is 1. The molecule has 1 saturated heterocycles. The van der Waals surface area contributed by atoms with Crippen molar-refractivity contribution in [3.63, 3.8) is 0 Å². The average molecular weight is 600 g/mol. The first-order valence-electron chi connectivity index (χ1n) is 11.4. The van der Waals surface area contributed by atoms with Crippen LogP contribution >= 0.6 is 31.9 Å². The Morgan fingerprint density at radius 1 is 1.03 bits per heavy atom. The molecule has 7 nitrogen and oxygen atoms in total. The number of hydrogen-bond donors (Lipinski definition) is 1. The van der Waals surface area contributed by atoms with E-state index in [9.17, 15) is 9.90 Å². The van der Waals surface area contributed by atoms with Crippen LogP contribution in [0.25, 0.3) is 16.5 Å². The van der Waals surface area contributed by atoms with Gasteiger partial charge in [-0.15, -0.1) is 5.10 Å². The molecular weight excluding hydrogens is 576 g/mol. The summed E-state index contributed by atoms with van der Waals surface area (Å²) in [5.41, 5.74) is 0.225. The molecule has 1 fully saturated rings. The van der Waals surface area contributed by atoms with Crippen LogP contribution in [0.15, 0.2) is 75.8 Å². The molecule has 9 heteroatoms. The zero-order valence-corrected chi connectivity index (χ0v) is 22.1. The van der Waals surface area contributed by atoms with Crippen molar-refractivity contribution in [2.45, 2.75) is 24.9 Å². The predicted octanol–water partition coefficient (Wildman–Crippen LogP) is 5.22. The standard InChI is InChI=1S/C26H24Br2N4O3/c27-20-8-6-19-15-21(9-7-18(19)14-20)35-17-25(33)31-12-3-10-26(34,11-13-31)24-16-32(30-29-24)23-5-2-1-4-22(23)28/h1-2,4-9,14-16,34H,3,10-13,17H2. The molecule has 0 bridgehead atoms. The average Bonchev–Trinajstić information content (AvgIpc) is 3.27. The van der Waals surface area contributed by atoms with E-state index in [2.05, 4.69) is 42.2 Å². The van der Waals surface area contributed by atoms with Crippen molar-refractivity contribution in [1.82, 2.24) is 19.9 Å². The molecule has 0 radical (unpaired) electrons. The van der Waals surface area contributed by atoms with E-state index in [-0.39, 0.29) is 12.5 Å². The Hall–Kier alpha value is -2.75. The molecule has 1 N–H and O–H groups in total. The Morgan fingerprint density at radius 3 is 2.69 bits per heavy atom. The smallest absolute Gasteiger partial charge is 0.260 e. The van der Waals surface area contributed by atoms with Crippen LogP contribution in [0.1, 0.15) is 25.0 Å². The Labute approximate surface area is 220 Å². The van der Waals surface area contributed by atoms with Crippen molar-refractivity contribution in [3.05, 3.63) is 81.5 Å². The second-order valence-electron chi connectivity index (χ2n) is 8.71. The Balaban J connectivity index is 1.22. The van der Waals surface area contributed by atoms with E-state index in [1.54, 1.807) is 15.8 Å². The van der Waals surface area contributed by atoms with Gasteiger partial charge in [0.15, 0.2) is 6.61 Å². The lowest BCUT2D eigenvalue weighted by Crippen LogP contribution is -2.36. The van der Waals surface area contributed by atoms with Crippen LogP contribution in [-0.4, -0.2) is 50.6 Å². The maximum Gasteiger partial charge on any atom is 0.260 e. The Kier molecular flexibility index (Phi) is 6.91. The van der Waals surface area contributed by atoms with Gasteiger partial charge in [0.05, 0.1) is 11.9 Å². The number of halogens is 2. The highest BCUT2D eigenvalue weighted by molar-refractivity contribution is 9.10. The van der Waals surface area contributed by atoms with E-state index >= 15 is 0 Å². The summed E-state index contributed by atoms with van der Waals surface area (Å²) in [5.74, 6) is 0.560. The molecule has 2 heterocycles. The van der Waals surface area contributed by atoms with E-state index in [1.807, 2.05) is 60.7 Å². The number of carbonyl (C=O) groups excluding carboxylic acids is 1. The second kappa shape index (κ2) is 10.1. The van der Waals surface area contributed by atoms with Crippen molar-refractivity contribution < 1.29 is 14.6 Å². The molecule has 0 spiro atoms. The third-order valence-electron chi connectivity index (χ3n) is 6.37. The fourth-order valence-corrected chi connectivity index (χ4v) is 5.22. The van der Waals surface area contributed by atoms with Gasteiger partial charge in [-0.05, 0) is 82.4 Å². The molecule has 1 aliphatic heterocycles. The molecule has 180 valence electrons. The number of benzene rings is 3. The minimum absolute atomic E-state index is 0.0430. The third kappa shape index (κ3) is 5.27. The second-order valence-corrected chi connectivity index (χ2v) is 10.5. The van der Waals surface area contributed by atoms with Gasteiger partial charge in [-0.25, -0.2) is 4.68 Å². The van der Waals surface area contributed by atoms with Gasteiger partial charge >= 0.3 is 0 Å². The normalized spacial score (nSPS) is 18.4. The van der Waals surface area contributed by atoms with E-state index in [0.29, 0.717) is 43.8 Å². The van der Waals surface area contributed by atoms with Gasteiger partial charge in [0.1, 0.15) is 17.0 Å². The van der Waals surface area contributed by atoms with Crippen LogP contribution in [-0.2, 0) is 10.4 Å². The van der Waals surface area contributed by atoms with E-state index < -0.39 is 5.60 Å².